The van der Waals surface area contributed by atoms with E-state index in [1.54, 1.807) is 14.0 Å². The third kappa shape index (κ3) is 6.34. The first-order valence-corrected chi connectivity index (χ1v) is 8.42. The molecular weight excluding hydrogens is 294 g/mol. The van der Waals surface area contributed by atoms with Gasteiger partial charge in [0.05, 0.1) is 5.75 Å². The number of hydrogen-bond donors (Lipinski definition) is 1. The van der Waals surface area contributed by atoms with Gasteiger partial charge in [-0.25, -0.2) is 0 Å². The maximum absolute atomic E-state index is 12.1. The molecule has 1 amide bonds. The zero-order valence-corrected chi connectivity index (χ0v) is 13.6. The van der Waals surface area contributed by atoms with Crippen LogP contribution in [-0.2, 0) is 32.5 Å². The lowest BCUT2D eigenvalue weighted by molar-refractivity contribution is -0.120. The Bertz CT molecular complexity index is 464. The highest BCUT2D eigenvalue weighted by Gasteiger charge is 2.21. The summed E-state index contributed by atoms with van der Waals surface area (Å²) in [4.78, 5) is 16.0. The van der Waals surface area contributed by atoms with Crippen LogP contribution in [0.3, 0.4) is 0 Å². The van der Waals surface area contributed by atoms with Crippen LogP contribution in [-0.4, -0.2) is 45.8 Å². The van der Waals surface area contributed by atoms with Crippen molar-refractivity contribution < 1.29 is 18.3 Å². The maximum atomic E-state index is 12.1. The van der Waals surface area contributed by atoms with Crippen LogP contribution in [0.15, 0.2) is 4.52 Å². The largest absolute Gasteiger partial charge is 0.385 e. The van der Waals surface area contributed by atoms with Crippen LogP contribution in [0.4, 0.5) is 0 Å². The molecular formula is C13H23N3O4S. The van der Waals surface area contributed by atoms with Gasteiger partial charge < -0.3 is 14.6 Å². The molecule has 0 saturated carbocycles. The number of amides is 1. The van der Waals surface area contributed by atoms with Crippen LogP contribution in [0.2, 0.25) is 0 Å². The van der Waals surface area contributed by atoms with Crippen LogP contribution in [0.5, 0.6) is 0 Å². The quantitative estimate of drug-likeness (QED) is 0.642. The summed E-state index contributed by atoms with van der Waals surface area (Å²) >= 11 is 0. The Hall–Kier alpha value is -1.28. The van der Waals surface area contributed by atoms with Crippen molar-refractivity contribution in [1.29, 1.82) is 0 Å². The van der Waals surface area contributed by atoms with Gasteiger partial charge in [-0.15, -0.1) is 0 Å². The highest BCUT2D eigenvalue weighted by atomic mass is 32.2. The van der Waals surface area contributed by atoms with Gasteiger partial charge in [-0.3, -0.25) is 9.00 Å². The molecule has 0 fully saturated rings. The lowest BCUT2D eigenvalue weighted by Crippen LogP contribution is -2.36. The molecule has 120 valence electrons. The second-order valence-electron chi connectivity index (χ2n) is 4.66. The number of ether oxygens (including phenoxy) is 1. The van der Waals surface area contributed by atoms with E-state index in [4.69, 9.17) is 9.26 Å². The molecule has 0 spiro atoms. The number of rotatable bonds is 10. The van der Waals surface area contributed by atoms with Crippen LogP contribution in [0.1, 0.15) is 38.4 Å². The van der Waals surface area contributed by atoms with E-state index in [1.807, 2.05) is 6.92 Å². The lowest BCUT2D eigenvalue weighted by atomic mass is 10.3. The first kappa shape index (κ1) is 17.8. The molecule has 21 heavy (non-hydrogen) atoms. The normalized spacial score (nSPS) is 13.9. The zero-order valence-electron chi connectivity index (χ0n) is 12.8. The minimum atomic E-state index is -1.37. The van der Waals surface area contributed by atoms with Crippen molar-refractivity contribution in [3.63, 3.8) is 0 Å². The van der Waals surface area contributed by atoms with E-state index in [2.05, 4.69) is 15.5 Å². The molecule has 1 N–H and O–H groups in total. The molecule has 0 aliphatic carbocycles. The average molecular weight is 317 g/mol. The third-order valence-corrected chi connectivity index (χ3v) is 4.38. The minimum Gasteiger partial charge on any atom is -0.385 e. The number of aryl methyl sites for hydroxylation is 1. The van der Waals surface area contributed by atoms with Crippen LogP contribution in [0.25, 0.3) is 0 Å². The van der Waals surface area contributed by atoms with E-state index < -0.39 is 16.0 Å². The lowest BCUT2D eigenvalue weighted by Gasteiger charge is -2.10. The molecule has 0 aliphatic heterocycles. The van der Waals surface area contributed by atoms with Gasteiger partial charge in [0.25, 0.3) is 0 Å². The van der Waals surface area contributed by atoms with Crippen molar-refractivity contribution in [2.24, 2.45) is 0 Å². The van der Waals surface area contributed by atoms with Crippen molar-refractivity contribution >= 4 is 16.7 Å². The molecule has 0 saturated heterocycles. The van der Waals surface area contributed by atoms with Crippen LogP contribution >= 0.6 is 0 Å². The number of carbonyl (C=O) groups excluding carboxylic acids is 1. The highest BCUT2D eigenvalue weighted by Crippen LogP contribution is 2.06. The van der Waals surface area contributed by atoms with E-state index in [1.165, 1.54) is 0 Å². The zero-order chi connectivity index (χ0) is 15.7. The van der Waals surface area contributed by atoms with Crippen molar-refractivity contribution in [3.05, 3.63) is 11.7 Å². The van der Waals surface area contributed by atoms with Crippen LogP contribution < -0.4 is 5.32 Å². The molecule has 1 heterocycles. The summed E-state index contributed by atoms with van der Waals surface area (Å²) in [6, 6.07) is 0. The predicted octanol–water partition coefficient (Wildman–Crippen LogP) is 0.812. The number of carbonyl (C=O) groups is 1. The van der Waals surface area contributed by atoms with Gasteiger partial charge in [-0.1, -0.05) is 12.1 Å². The Morgan fingerprint density at radius 1 is 1.52 bits per heavy atom. The number of hydrogen-bond acceptors (Lipinski definition) is 6. The molecule has 0 aliphatic rings. The Labute approximate surface area is 127 Å². The highest BCUT2D eigenvalue weighted by molar-refractivity contribution is 7.85. The van der Waals surface area contributed by atoms with Gasteiger partial charge in [0.1, 0.15) is 5.25 Å². The van der Waals surface area contributed by atoms with E-state index in [-0.39, 0.29) is 11.7 Å². The third-order valence-electron chi connectivity index (χ3n) is 2.83. The fourth-order valence-electron chi connectivity index (χ4n) is 1.61. The fourth-order valence-corrected chi connectivity index (χ4v) is 2.55. The van der Waals surface area contributed by atoms with E-state index in [0.717, 1.165) is 12.8 Å². The Balaban J connectivity index is 2.40. The summed E-state index contributed by atoms with van der Waals surface area (Å²) in [5.41, 5.74) is 0. The second-order valence-corrected chi connectivity index (χ2v) is 6.42. The number of nitrogens with one attached hydrogen (secondary N) is 1. The molecule has 1 rings (SSSR count). The summed E-state index contributed by atoms with van der Waals surface area (Å²) in [5.74, 6) is 0.818. The van der Waals surface area contributed by atoms with Crippen LogP contribution in [0, 0.1) is 0 Å². The SMILES string of the molecule is CCCc1nc(C[S@@](=O)[C@H](C)C(=O)NCCCOC)no1. The topological polar surface area (TPSA) is 94.3 Å². The first-order chi connectivity index (χ1) is 10.1. The molecule has 0 aromatic carbocycles. The van der Waals surface area contributed by atoms with Crippen molar-refractivity contribution in [3.8, 4) is 0 Å². The van der Waals surface area contributed by atoms with Crippen molar-refractivity contribution in [2.75, 3.05) is 20.3 Å². The number of nitrogens with zero attached hydrogens (tertiary/aromatic N) is 2. The minimum absolute atomic E-state index is 0.125. The number of aromatic nitrogens is 2. The molecule has 0 radical (unpaired) electrons. The van der Waals surface area contributed by atoms with Gasteiger partial charge in [0, 0.05) is 37.5 Å². The summed E-state index contributed by atoms with van der Waals surface area (Å²) in [6.07, 6.45) is 2.34. The van der Waals surface area contributed by atoms with Gasteiger partial charge in [0.15, 0.2) is 5.82 Å². The van der Waals surface area contributed by atoms with Gasteiger partial charge in [-0.2, -0.15) is 4.98 Å². The summed E-state index contributed by atoms with van der Waals surface area (Å²) in [5, 5.41) is 5.90. The first-order valence-electron chi connectivity index (χ1n) is 7.03. The molecule has 1 aromatic heterocycles. The Morgan fingerprint density at radius 3 is 2.95 bits per heavy atom. The second kappa shape index (κ2) is 9.62. The monoisotopic (exact) mass is 317 g/mol. The van der Waals surface area contributed by atoms with E-state index in [0.29, 0.717) is 31.3 Å². The molecule has 8 heteroatoms. The summed E-state index contributed by atoms with van der Waals surface area (Å²) in [6.45, 7) is 4.74. The van der Waals surface area contributed by atoms with E-state index in [9.17, 15) is 9.00 Å². The number of methoxy groups -OCH3 is 1. The molecule has 1 aromatic rings. The van der Waals surface area contributed by atoms with Crippen molar-refractivity contribution in [1.82, 2.24) is 15.5 Å². The predicted molar refractivity (Wildman–Crippen MR) is 79.1 cm³/mol. The average Bonchev–Trinajstić information content (AvgIpc) is 2.90. The van der Waals surface area contributed by atoms with E-state index >= 15 is 0 Å². The molecule has 7 nitrogen and oxygen atoms in total. The van der Waals surface area contributed by atoms with Gasteiger partial charge in [-0.05, 0) is 19.8 Å². The molecule has 2 atom stereocenters. The van der Waals surface area contributed by atoms with Crippen molar-refractivity contribution in [2.45, 2.75) is 44.1 Å². The molecule has 0 unspecified atom stereocenters. The van der Waals surface area contributed by atoms with Gasteiger partial charge >= 0.3 is 0 Å². The summed E-state index contributed by atoms with van der Waals surface area (Å²) < 4.78 is 22.0. The smallest absolute Gasteiger partial charge is 0.235 e. The summed E-state index contributed by atoms with van der Waals surface area (Å²) in [7, 11) is 0.236. The standard InChI is InChI=1S/C13H23N3O4S/c1-4-6-12-15-11(16-20-12)9-21(18)10(2)13(17)14-7-5-8-19-3/h10H,4-9H2,1-3H3,(H,14,17)/t10-,21-/m1/s1. The fraction of sp³-hybridized carbons (Fsp3) is 0.769. The Kier molecular flexibility index (Phi) is 8.14. The molecule has 0 bridgehead atoms. The Morgan fingerprint density at radius 2 is 2.29 bits per heavy atom. The van der Waals surface area contributed by atoms with Gasteiger partial charge in [0.2, 0.25) is 11.8 Å². The maximum Gasteiger partial charge on any atom is 0.235 e.